The summed E-state index contributed by atoms with van der Waals surface area (Å²) < 4.78 is 0. The Morgan fingerprint density at radius 2 is 1.93 bits per heavy atom. The van der Waals surface area contributed by atoms with E-state index in [0.29, 0.717) is 5.41 Å². The molecule has 0 aromatic carbocycles. The van der Waals surface area contributed by atoms with Crippen molar-refractivity contribution in [2.24, 2.45) is 5.41 Å². The van der Waals surface area contributed by atoms with Gasteiger partial charge >= 0.3 is 5.97 Å². The van der Waals surface area contributed by atoms with Gasteiger partial charge in [0.15, 0.2) is 6.10 Å². The van der Waals surface area contributed by atoms with Gasteiger partial charge in [-0.15, -0.1) is 0 Å². The molecule has 1 saturated heterocycles. The molecule has 0 aromatic heterocycles. The summed E-state index contributed by atoms with van der Waals surface area (Å²) in [5.74, 6) is -1.13. The summed E-state index contributed by atoms with van der Waals surface area (Å²) in [5.41, 5.74) is 0.373. The molecule has 0 saturated carbocycles. The maximum atomic E-state index is 10.4. The lowest BCUT2D eigenvalue weighted by Gasteiger charge is -2.50. The minimum atomic E-state index is -1.23. The minimum absolute atomic E-state index is 0.261. The molecule has 0 aliphatic carbocycles. The zero-order chi connectivity index (χ0) is 10.8. The van der Waals surface area contributed by atoms with E-state index < -0.39 is 12.1 Å². The molecule has 1 aliphatic rings. The Bertz CT molecular complexity index is 205. The zero-order valence-corrected chi connectivity index (χ0v) is 8.86. The van der Waals surface area contributed by atoms with Crippen molar-refractivity contribution in [3.8, 4) is 0 Å². The van der Waals surface area contributed by atoms with Gasteiger partial charge in [-0.25, -0.2) is 4.79 Å². The van der Waals surface area contributed by atoms with Crippen molar-refractivity contribution in [1.29, 1.82) is 0 Å². The Balaban J connectivity index is 2.30. The molecule has 0 amide bonds. The van der Waals surface area contributed by atoms with Crippen molar-refractivity contribution in [1.82, 2.24) is 4.90 Å². The molecule has 0 spiro atoms. The van der Waals surface area contributed by atoms with Crippen LogP contribution in [0, 0.1) is 5.41 Å². The van der Waals surface area contributed by atoms with E-state index in [4.69, 9.17) is 10.2 Å². The molecular weight excluding hydrogens is 182 g/mol. The van der Waals surface area contributed by atoms with Crippen molar-refractivity contribution in [3.63, 3.8) is 0 Å². The van der Waals surface area contributed by atoms with Gasteiger partial charge in [-0.2, -0.15) is 0 Å². The first-order chi connectivity index (χ1) is 6.53. The molecule has 1 unspecified atom stereocenters. The molecule has 1 aliphatic heterocycles. The summed E-state index contributed by atoms with van der Waals surface area (Å²) in [5, 5.41) is 17.7. The van der Waals surface area contributed by atoms with E-state index in [1.54, 1.807) is 0 Å². The molecule has 4 heteroatoms. The van der Waals surface area contributed by atoms with Gasteiger partial charge in [-0.3, -0.25) is 4.90 Å². The molecule has 0 bridgehead atoms. The maximum absolute atomic E-state index is 10.4. The molecular formula is C10H19NO3. The molecule has 1 rings (SSSR count). The number of aliphatic hydroxyl groups excluding tert-OH is 1. The fraction of sp³-hybridized carbons (Fsp3) is 0.900. The molecule has 2 N–H and O–H groups in total. The van der Waals surface area contributed by atoms with Crippen molar-refractivity contribution in [3.05, 3.63) is 0 Å². The van der Waals surface area contributed by atoms with Crippen LogP contribution in [0.5, 0.6) is 0 Å². The summed E-state index contributed by atoms with van der Waals surface area (Å²) >= 11 is 0. The van der Waals surface area contributed by atoms with Crippen LogP contribution in [0.3, 0.4) is 0 Å². The first kappa shape index (κ1) is 11.5. The standard InChI is InChI=1S/C10H19NO3/c1-3-10(4-2)6-11(7-10)5-8(12)9(13)14/h8,12H,3-7H2,1-2H3,(H,13,14). The zero-order valence-electron chi connectivity index (χ0n) is 8.86. The quantitative estimate of drug-likeness (QED) is 0.682. The van der Waals surface area contributed by atoms with Crippen LogP contribution < -0.4 is 0 Å². The van der Waals surface area contributed by atoms with Crippen LogP contribution >= 0.6 is 0 Å². The van der Waals surface area contributed by atoms with E-state index >= 15 is 0 Å². The van der Waals surface area contributed by atoms with E-state index in [1.807, 2.05) is 4.90 Å². The second-order valence-electron chi connectivity index (χ2n) is 4.23. The molecule has 1 heterocycles. The van der Waals surface area contributed by atoms with Crippen LogP contribution in [0.25, 0.3) is 0 Å². The SMILES string of the molecule is CCC1(CC)CN(CC(O)C(=O)O)C1. The van der Waals surface area contributed by atoms with Crippen LogP contribution in [-0.2, 0) is 4.79 Å². The van der Waals surface area contributed by atoms with Crippen LogP contribution in [0.1, 0.15) is 26.7 Å². The highest BCUT2D eigenvalue weighted by molar-refractivity contribution is 5.72. The molecule has 1 fully saturated rings. The molecule has 4 nitrogen and oxygen atoms in total. The molecule has 14 heavy (non-hydrogen) atoms. The number of nitrogens with zero attached hydrogens (tertiary/aromatic N) is 1. The van der Waals surface area contributed by atoms with E-state index in [0.717, 1.165) is 25.9 Å². The molecule has 1 atom stereocenters. The van der Waals surface area contributed by atoms with Crippen LogP contribution in [0.4, 0.5) is 0 Å². The first-order valence-corrected chi connectivity index (χ1v) is 5.16. The third-order valence-corrected chi connectivity index (χ3v) is 3.33. The minimum Gasteiger partial charge on any atom is -0.479 e. The Labute approximate surface area is 84.5 Å². The van der Waals surface area contributed by atoms with Gasteiger partial charge in [-0.05, 0) is 18.3 Å². The fourth-order valence-electron chi connectivity index (χ4n) is 2.05. The van der Waals surface area contributed by atoms with Gasteiger partial charge in [-0.1, -0.05) is 13.8 Å². The second-order valence-corrected chi connectivity index (χ2v) is 4.23. The average Bonchev–Trinajstić information content (AvgIpc) is 2.10. The summed E-state index contributed by atoms with van der Waals surface area (Å²) in [6.45, 7) is 6.43. The van der Waals surface area contributed by atoms with Crippen molar-refractivity contribution >= 4 is 5.97 Å². The van der Waals surface area contributed by atoms with Gasteiger partial charge in [0.2, 0.25) is 0 Å². The topological polar surface area (TPSA) is 60.8 Å². The number of aliphatic hydroxyl groups is 1. The Morgan fingerprint density at radius 1 is 1.43 bits per heavy atom. The number of carboxylic acid groups (broad SMARTS) is 1. The van der Waals surface area contributed by atoms with Crippen LogP contribution in [0.2, 0.25) is 0 Å². The van der Waals surface area contributed by atoms with Crippen molar-refractivity contribution in [2.75, 3.05) is 19.6 Å². The second kappa shape index (κ2) is 4.28. The average molecular weight is 201 g/mol. The number of aliphatic carboxylic acids is 1. The first-order valence-electron chi connectivity index (χ1n) is 5.16. The lowest BCUT2D eigenvalue weighted by molar-refractivity contribution is -0.149. The summed E-state index contributed by atoms with van der Waals surface area (Å²) in [4.78, 5) is 12.4. The fourth-order valence-corrected chi connectivity index (χ4v) is 2.05. The molecule has 0 radical (unpaired) electrons. The van der Waals surface area contributed by atoms with Gasteiger partial charge in [0.05, 0.1) is 0 Å². The van der Waals surface area contributed by atoms with E-state index in [2.05, 4.69) is 13.8 Å². The Kier molecular flexibility index (Phi) is 3.50. The van der Waals surface area contributed by atoms with Crippen molar-refractivity contribution in [2.45, 2.75) is 32.8 Å². The van der Waals surface area contributed by atoms with Gasteiger partial charge < -0.3 is 10.2 Å². The number of β-amino-alcohol motifs (C(OH)–C–C–N with tert-alkyl or cyclic N) is 1. The third-order valence-electron chi connectivity index (χ3n) is 3.33. The Morgan fingerprint density at radius 3 is 2.29 bits per heavy atom. The van der Waals surface area contributed by atoms with Gasteiger partial charge in [0, 0.05) is 19.6 Å². The smallest absolute Gasteiger partial charge is 0.333 e. The summed E-state index contributed by atoms with van der Waals surface area (Å²) in [6.07, 6.45) is 1.02. The van der Waals surface area contributed by atoms with Crippen LogP contribution in [-0.4, -0.2) is 46.8 Å². The van der Waals surface area contributed by atoms with E-state index in [-0.39, 0.29) is 6.54 Å². The predicted octanol–water partition coefficient (Wildman–Crippen LogP) is 0.554. The van der Waals surface area contributed by atoms with E-state index in [1.165, 1.54) is 0 Å². The number of carboxylic acids is 1. The number of hydrogen-bond donors (Lipinski definition) is 2. The van der Waals surface area contributed by atoms with E-state index in [9.17, 15) is 4.79 Å². The van der Waals surface area contributed by atoms with Gasteiger partial charge in [0.25, 0.3) is 0 Å². The maximum Gasteiger partial charge on any atom is 0.333 e. The normalized spacial score (nSPS) is 22.8. The molecule has 0 aromatic rings. The van der Waals surface area contributed by atoms with Gasteiger partial charge in [0.1, 0.15) is 0 Å². The highest BCUT2D eigenvalue weighted by atomic mass is 16.4. The van der Waals surface area contributed by atoms with Crippen molar-refractivity contribution < 1.29 is 15.0 Å². The third kappa shape index (κ3) is 2.25. The Hall–Kier alpha value is -0.610. The van der Waals surface area contributed by atoms with Crippen LogP contribution in [0.15, 0.2) is 0 Å². The lowest BCUT2D eigenvalue weighted by atomic mass is 9.75. The highest BCUT2D eigenvalue weighted by Gasteiger charge is 2.40. The lowest BCUT2D eigenvalue weighted by Crippen LogP contribution is -2.58. The highest BCUT2D eigenvalue weighted by Crippen LogP contribution is 2.36. The summed E-state index contributed by atoms with van der Waals surface area (Å²) in [6, 6.07) is 0. The monoisotopic (exact) mass is 201 g/mol. The number of hydrogen-bond acceptors (Lipinski definition) is 3. The predicted molar refractivity (Wildman–Crippen MR) is 53.1 cm³/mol. The summed E-state index contributed by atoms with van der Waals surface area (Å²) in [7, 11) is 0. The number of carbonyl (C=O) groups is 1. The number of likely N-dealkylation sites (tertiary alicyclic amines) is 1. The number of rotatable bonds is 5. The molecule has 82 valence electrons. The largest absolute Gasteiger partial charge is 0.479 e.